The van der Waals surface area contributed by atoms with Crippen LogP contribution in [-0.2, 0) is 28.5 Å². The molecule has 0 radical (unpaired) electrons. The molecule has 0 aromatic heterocycles. The van der Waals surface area contributed by atoms with Gasteiger partial charge >= 0.3 is 5.97 Å². The average molecular weight is 274 g/mol. The van der Waals surface area contributed by atoms with Crippen LogP contribution in [-0.4, -0.2) is 53.4 Å². The molecule has 0 spiro atoms. The van der Waals surface area contributed by atoms with Crippen molar-refractivity contribution >= 4 is 11.8 Å². The van der Waals surface area contributed by atoms with Crippen LogP contribution in [0.3, 0.4) is 0 Å². The summed E-state index contributed by atoms with van der Waals surface area (Å²) in [5.74, 6) is -4.40. The fourth-order valence-corrected chi connectivity index (χ4v) is 2.26. The van der Waals surface area contributed by atoms with Gasteiger partial charge in [0, 0.05) is 0 Å². The van der Waals surface area contributed by atoms with E-state index in [-0.39, 0.29) is 6.61 Å². The quantitative estimate of drug-likeness (QED) is 0.740. The van der Waals surface area contributed by atoms with Gasteiger partial charge in [0.05, 0.1) is 6.61 Å². The van der Waals surface area contributed by atoms with Gasteiger partial charge in [0.1, 0.15) is 12.2 Å². The number of hydrogen-bond acceptors (Lipinski definition) is 6. The van der Waals surface area contributed by atoms with E-state index in [9.17, 15) is 9.59 Å². The molecule has 0 bridgehead atoms. The maximum Gasteiger partial charge on any atom is 0.375 e. The number of carbonyl (C=O) groups excluding carboxylic acids is 1. The lowest BCUT2D eigenvalue weighted by molar-refractivity contribution is -0.175. The van der Waals surface area contributed by atoms with Gasteiger partial charge in [0.15, 0.2) is 17.7 Å². The van der Waals surface area contributed by atoms with E-state index in [0.29, 0.717) is 0 Å². The van der Waals surface area contributed by atoms with Crippen molar-refractivity contribution in [2.75, 3.05) is 6.61 Å². The lowest BCUT2D eigenvalue weighted by Crippen LogP contribution is -2.44. The highest BCUT2D eigenvalue weighted by Crippen LogP contribution is 2.35. The first-order chi connectivity index (χ1) is 8.61. The first-order valence-corrected chi connectivity index (χ1v) is 6.06. The summed E-state index contributed by atoms with van der Waals surface area (Å²) < 4.78 is 22.0. The molecule has 108 valence electrons. The smallest absolute Gasteiger partial charge is 0.375 e. The first kappa shape index (κ1) is 14.4. The number of ether oxygens (including phenoxy) is 4. The summed E-state index contributed by atoms with van der Waals surface area (Å²) >= 11 is 0. The van der Waals surface area contributed by atoms with Crippen molar-refractivity contribution < 1.29 is 33.6 Å². The summed E-state index contributed by atoms with van der Waals surface area (Å²) in [5, 5.41) is 8.82. The van der Waals surface area contributed by atoms with E-state index in [2.05, 4.69) is 0 Å². The highest BCUT2D eigenvalue weighted by Gasteiger charge is 2.53. The van der Waals surface area contributed by atoms with E-state index in [1.807, 2.05) is 0 Å². The van der Waals surface area contributed by atoms with Crippen LogP contribution in [0.5, 0.6) is 0 Å². The van der Waals surface area contributed by atoms with Crippen LogP contribution in [0.25, 0.3) is 0 Å². The van der Waals surface area contributed by atoms with Gasteiger partial charge in [-0.15, -0.1) is 0 Å². The van der Waals surface area contributed by atoms with Gasteiger partial charge in [-0.3, -0.25) is 4.79 Å². The van der Waals surface area contributed by atoms with Gasteiger partial charge in [-0.25, -0.2) is 4.79 Å². The van der Waals surface area contributed by atoms with Gasteiger partial charge in [-0.1, -0.05) is 0 Å². The Bertz CT molecular complexity index is 401. The van der Waals surface area contributed by atoms with E-state index >= 15 is 0 Å². The summed E-state index contributed by atoms with van der Waals surface area (Å²) in [6.45, 7) is 6.94. The molecular weight excluding hydrogens is 256 g/mol. The van der Waals surface area contributed by atoms with Crippen molar-refractivity contribution in [2.45, 2.75) is 57.6 Å². The zero-order valence-electron chi connectivity index (χ0n) is 11.3. The number of hydrogen-bond donors (Lipinski definition) is 1. The van der Waals surface area contributed by atoms with Crippen molar-refractivity contribution in [1.82, 2.24) is 0 Å². The zero-order chi connectivity index (χ0) is 14.4. The van der Waals surface area contributed by atoms with Crippen molar-refractivity contribution in [3.05, 3.63) is 0 Å². The molecule has 0 unspecified atom stereocenters. The Morgan fingerprint density at radius 1 is 1.05 bits per heavy atom. The number of Topliss-reactive ketones (excluding diaryl/α,β-unsaturated/α-hetero) is 1. The third-order valence-corrected chi connectivity index (χ3v) is 3.00. The van der Waals surface area contributed by atoms with Crippen LogP contribution in [0.4, 0.5) is 0 Å². The second kappa shape index (κ2) is 4.52. The molecule has 2 aliphatic heterocycles. The van der Waals surface area contributed by atoms with E-state index in [1.165, 1.54) is 0 Å². The van der Waals surface area contributed by atoms with Crippen molar-refractivity contribution in [3.63, 3.8) is 0 Å². The molecule has 0 amide bonds. The number of carbonyl (C=O) groups is 2. The third-order valence-electron chi connectivity index (χ3n) is 3.00. The Labute approximate surface area is 110 Å². The SMILES string of the molecule is CC1(C)OC[C@@H]([C@H]2OC(C)(C)O[C@@H]2C(=O)C(=O)O)O1. The van der Waals surface area contributed by atoms with Crippen LogP contribution < -0.4 is 0 Å². The number of carboxylic acid groups (broad SMARTS) is 1. The zero-order valence-corrected chi connectivity index (χ0v) is 11.3. The predicted octanol–water partition coefficient (Wildman–Crippen LogP) is 0.312. The Kier molecular flexibility index (Phi) is 3.42. The van der Waals surface area contributed by atoms with Crippen molar-refractivity contribution in [3.8, 4) is 0 Å². The minimum absolute atomic E-state index is 0.223. The van der Waals surface area contributed by atoms with Gasteiger partial charge in [-0.2, -0.15) is 0 Å². The highest BCUT2D eigenvalue weighted by atomic mass is 16.8. The number of ketones is 1. The average Bonchev–Trinajstić information content (AvgIpc) is 2.77. The molecule has 0 aliphatic carbocycles. The molecule has 3 atom stereocenters. The largest absolute Gasteiger partial charge is 0.475 e. The Balaban J connectivity index is 2.17. The van der Waals surface area contributed by atoms with E-state index in [0.717, 1.165) is 0 Å². The lowest BCUT2D eigenvalue weighted by Gasteiger charge is -2.22. The normalized spacial score (nSPS) is 36.3. The molecule has 0 aromatic rings. The highest BCUT2D eigenvalue weighted by molar-refractivity contribution is 6.34. The topological polar surface area (TPSA) is 91.3 Å². The van der Waals surface area contributed by atoms with Crippen molar-refractivity contribution in [1.29, 1.82) is 0 Å². The molecule has 0 aromatic carbocycles. The van der Waals surface area contributed by atoms with Gasteiger partial charge in [0.25, 0.3) is 5.78 Å². The molecule has 2 saturated heterocycles. The van der Waals surface area contributed by atoms with Gasteiger partial charge < -0.3 is 24.1 Å². The predicted molar refractivity (Wildman–Crippen MR) is 61.4 cm³/mol. The van der Waals surface area contributed by atoms with Crippen LogP contribution in [0.15, 0.2) is 0 Å². The molecule has 0 saturated carbocycles. The van der Waals surface area contributed by atoms with Gasteiger partial charge in [-0.05, 0) is 27.7 Å². The summed E-state index contributed by atoms with van der Waals surface area (Å²) in [7, 11) is 0. The molecule has 2 heterocycles. The van der Waals surface area contributed by atoms with Crippen LogP contribution in [0, 0.1) is 0 Å². The molecule has 19 heavy (non-hydrogen) atoms. The summed E-state index contributed by atoms with van der Waals surface area (Å²) in [6, 6.07) is 0. The number of rotatable bonds is 3. The molecule has 1 N–H and O–H groups in total. The molecule has 7 heteroatoms. The minimum Gasteiger partial charge on any atom is -0.475 e. The van der Waals surface area contributed by atoms with Crippen LogP contribution >= 0.6 is 0 Å². The molecule has 2 rings (SSSR count). The van der Waals surface area contributed by atoms with E-state index < -0.39 is 41.6 Å². The second-order valence-corrected chi connectivity index (χ2v) is 5.56. The number of aliphatic carboxylic acids is 1. The van der Waals surface area contributed by atoms with Gasteiger partial charge in [0.2, 0.25) is 0 Å². The summed E-state index contributed by atoms with van der Waals surface area (Å²) in [5.41, 5.74) is 0. The summed E-state index contributed by atoms with van der Waals surface area (Å²) in [6.07, 6.45) is -2.51. The fraction of sp³-hybridized carbons (Fsp3) is 0.833. The minimum atomic E-state index is -1.55. The molecule has 2 fully saturated rings. The fourth-order valence-electron chi connectivity index (χ4n) is 2.26. The Morgan fingerprint density at radius 2 is 1.68 bits per heavy atom. The Morgan fingerprint density at radius 3 is 2.16 bits per heavy atom. The molecule has 7 nitrogen and oxygen atoms in total. The third kappa shape index (κ3) is 2.94. The Hall–Kier alpha value is -1.02. The number of carboxylic acids is 1. The van der Waals surface area contributed by atoms with E-state index in [4.69, 9.17) is 24.1 Å². The molecule has 2 aliphatic rings. The van der Waals surface area contributed by atoms with Crippen LogP contribution in [0.2, 0.25) is 0 Å². The second-order valence-electron chi connectivity index (χ2n) is 5.56. The summed E-state index contributed by atoms with van der Waals surface area (Å²) in [4.78, 5) is 22.5. The molecular formula is C12H18O7. The van der Waals surface area contributed by atoms with Crippen LogP contribution in [0.1, 0.15) is 27.7 Å². The standard InChI is InChI=1S/C12H18O7/c1-11(2)16-5-6(17-11)8-9(7(13)10(14)15)19-12(3,4)18-8/h6,8-9H,5H2,1-4H3,(H,14,15)/t6-,8+,9+/m0/s1. The maximum atomic E-state index is 11.7. The first-order valence-electron chi connectivity index (χ1n) is 6.06. The lowest BCUT2D eigenvalue weighted by atomic mass is 10.0. The van der Waals surface area contributed by atoms with E-state index in [1.54, 1.807) is 27.7 Å². The maximum absolute atomic E-state index is 11.7. The van der Waals surface area contributed by atoms with Crippen molar-refractivity contribution in [2.24, 2.45) is 0 Å². The monoisotopic (exact) mass is 274 g/mol.